The van der Waals surface area contributed by atoms with Gasteiger partial charge in [0.05, 0.1) is 12.6 Å². The molecule has 35 heavy (non-hydrogen) atoms. The van der Waals surface area contributed by atoms with Gasteiger partial charge in [-0.05, 0) is 17.7 Å². The fraction of sp³-hybridized carbons (Fsp3) is 0.250. The minimum Gasteiger partial charge on any atom is -0.382 e. The van der Waals surface area contributed by atoms with E-state index in [2.05, 4.69) is 34.8 Å². The Morgan fingerprint density at radius 2 is 1.83 bits per heavy atom. The maximum Gasteiger partial charge on any atom is 0.225 e. The Balaban J connectivity index is 1.25. The number of nitrogens with zero attached hydrogens (tertiary/aromatic N) is 9. The largest absolute Gasteiger partial charge is 0.382 e. The quantitative estimate of drug-likeness (QED) is 0.375. The molecule has 1 aliphatic heterocycles. The van der Waals surface area contributed by atoms with Crippen LogP contribution in [-0.4, -0.2) is 73.9 Å². The van der Waals surface area contributed by atoms with Crippen LogP contribution in [0.5, 0.6) is 0 Å². The van der Waals surface area contributed by atoms with Crippen LogP contribution in [-0.2, 0) is 4.74 Å². The number of piperazine rings is 1. The third kappa shape index (κ3) is 5.30. The molecule has 5 rings (SSSR count). The van der Waals surface area contributed by atoms with Crippen molar-refractivity contribution in [3.63, 3.8) is 0 Å². The summed E-state index contributed by atoms with van der Waals surface area (Å²) >= 11 is 0. The van der Waals surface area contributed by atoms with Gasteiger partial charge in [0.2, 0.25) is 11.9 Å². The highest BCUT2D eigenvalue weighted by Gasteiger charge is 2.29. The van der Waals surface area contributed by atoms with E-state index in [1.54, 1.807) is 38.2 Å². The second-order valence-electron chi connectivity index (χ2n) is 8.02. The summed E-state index contributed by atoms with van der Waals surface area (Å²) in [5, 5.41) is 0. The summed E-state index contributed by atoms with van der Waals surface area (Å²) in [5.41, 5.74) is 1.85. The first-order valence-electron chi connectivity index (χ1n) is 11.1. The van der Waals surface area contributed by atoms with Crippen molar-refractivity contribution in [2.75, 3.05) is 43.2 Å². The van der Waals surface area contributed by atoms with E-state index in [-0.39, 0.29) is 6.04 Å². The van der Waals surface area contributed by atoms with Crippen LogP contribution in [0, 0.1) is 5.95 Å². The maximum absolute atomic E-state index is 13.5. The van der Waals surface area contributed by atoms with E-state index in [1.165, 1.54) is 12.4 Å². The molecule has 0 radical (unpaired) electrons. The first kappa shape index (κ1) is 22.5. The molecule has 0 spiro atoms. The Labute approximate surface area is 201 Å². The van der Waals surface area contributed by atoms with Gasteiger partial charge in [-0.25, -0.2) is 29.9 Å². The third-order valence-corrected chi connectivity index (χ3v) is 5.71. The predicted octanol–water partition coefficient (Wildman–Crippen LogP) is 2.50. The lowest BCUT2D eigenvalue weighted by atomic mass is 10.2. The molecular formula is C24H24FN9O. The highest BCUT2D eigenvalue weighted by atomic mass is 19.1. The normalized spacial score (nSPS) is 16.2. The van der Waals surface area contributed by atoms with E-state index >= 15 is 0 Å². The third-order valence-electron chi connectivity index (χ3n) is 5.71. The highest BCUT2D eigenvalue weighted by Crippen LogP contribution is 2.21. The second kappa shape index (κ2) is 10.3. The van der Waals surface area contributed by atoms with Crippen molar-refractivity contribution in [2.24, 2.45) is 0 Å². The molecule has 5 heterocycles. The van der Waals surface area contributed by atoms with Crippen LogP contribution in [0.2, 0.25) is 0 Å². The van der Waals surface area contributed by atoms with Crippen LogP contribution in [0.15, 0.2) is 61.8 Å². The van der Waals surface area contributed by atoms with Gasteiger partial charge in [-0.15, -0.1) is 0 Å². The molecule has 11 heteroatoms. The van der Waals surface area contributed by atoms with Crippen LogP contribution in [0.1, 0.15) is 11.1 Å². The van der Waals surface area contributed by atoms with Gasteiger partial charge in [0.15, 0.2) is 0 Å². The molecule has 4 aromatic heterocycles. The Morgan fingerprint density at radius 3 is 2.54 bits per heavy atom. The smallest absolute Gasteiger partial charge is 0.225 e. The average Bonchev–Trinajstić information content (AvgIpc) is 3.44. The van der Waals surface area contributed by atoms with Crippen LogP contribution in [0.4, 0.5) is 16.2 Å². The Kier molecular flexibility index (Phi) is 6.66. The Hall–Kier alpha value is -4.25. The average molecular weight is 474 g/mol. The summed E-state index contributed by atoms with van der Waals surface area (Å²) in [6.07, 6.45) is 15.8. The molecule has 0 aromatic carbocycles. The zero-order valence-corrected chi connectivity index (χ0v) is 19.1. The maximum atomic E-state index is 13.5. The standard InChI is InChI=1S/C24H24FN9O/c1-35-15-20-14-32(23-10-21(25)30-16-31-23)8-9-34(20)24-28-12-19(13-29-24)3-2-18-4-5-22(27-11-18)33-7-6-26-17-33/h2-7,10-13,16-17,20H,8-9,14-15H2,1H3/b3-2+/t20-/m1/s1. The summed E-state index contributed by atoms with van der Waals surface area (Å²) in [7, 11) is 1.66. The minimum absolute atomic E-state index is 0.00625. The predicted molar refractivity (Wildman–Crippen MR) is 130 cm³/mol. The molecule has 0 aliphatic carbocycles. The number of pyridine rings is 1. The zero-order valence-electron chi connectivity index (χ0n) is 19.1. The fourth-order valence-electron chi connectivity index (χ4n) is 3.96. The monoisotopic (exact) mass is 473 g/mol. The van der Waals surface area contributed by atoms with E-state index < -0.39 is 5.95 Å². The van der Waals surface area contributed by atoms with Crippen molar-refractivity contribution in [3.8, 4) is 5.82 Å². The van der Waals surface area contributed by atoms with Crippen molar-refractivity contribution in [2.45, 2.75) is 6.04 Å². The molecule has 0 amide bonds. The van der Waals surface area contributed by atoms with Crippen LogP contribution in [0.25, 0.3) is 18.0 Å². The number of ether oxygens (including phenoxy) is 1. The van der Waals surface area contributed by atoms with E-state index in [9.17, 15) is 4.39 Å². The van der Waals surface area contributed by atoms with Crippen molar-refractivity contribution < 1.29 is 9.13 Å². The van der Waals surface area contributed by atoms with E-state index in [0.717, 1.165) is 16.9 Å². The van der Waals surface area contributed by atoms with Crippen LogP contribution >= 0.6 is 0 Å². The van der Waals surface area contributed by atoms with Gasteiger partial charge in [-0.1, -0.05) is 12.2 Å². The SMILES string of the molecule is COC[C@H]1CN(c2cc(F)ncn2)CCN1c1ncc(/C=C/c2ccc(-n3ccnc3)nc2)cn1. The van der Waals surface area contributed by atoms with Gasteiger partial charge >= 0.3 is 0 Å². The lowest BCUT2D eigenvalue weighted by Gasteiger charge is -2.41. The van der Waals surface area contributed by atoms with Crippen molar-refractivity contribution in [3.05, 3.63) is 78.9 Å². The van der Waals surface area contributed by atoms with Gasteiger partial charge in [-0.2, -0.15) is 4.39 Å². The van der Waals surface area contributed by atoms with E-state index in [1.807, 2.05) is 39.9 Å². The van der Waals surface area contributed by atoms with Crippen LogP contribution < -0.4 is 9.80 Å². The summed E-state index contributed by atoms with van der Waals surface area (Å²) < 4.78 is 20.8. The molecule has 0 N–H and O–H groups in total. The van der Waals surface area contributed by atoms with E-state index in [0.29, 0.717) is 38.0 Å². The Morgan fingerprint density at radius 1 is 1.00 bits per heavy atom. The van der Waals surface area contributed by atoms with Crippen LogP contribution in [0.3, 0.4) is 0 Å². The number of aromatic nitrogens is 7. The first-order chi connectivity index (χ1) is 17.2. The lowest BCUT2D eigenvalue weighted by Crippen LogP contribution is -2.56. The molecule has 0 unspecified atom stereocenters. The van der Waals surface area contributed by atoms with Crippen molar-refractivity contribution in [1.29, 1.82) is 0 Å². The summed E-state index contributed by atoms with van der Waals surface area (Å²) in [6, 6.07) is 5.27. The van der Waals surface area contributed by atoms with Gasteiger partial charge in [0.25, 0.3) is 0 Å². The van der Waals surface area contributed by atoms with Gasteiger partial charge in [0, 0.05) is 69.4 Å². The topological polar surface area (TPSA) is 98.0 Å². The number of halogens is 1. The van der Waals surface area contributed by atoms with Gasteiger partial charge < -0.3 is 14.5 Å². The molecule has 1 fully saturated rings. The lowest BCUT2D eigenvalue weighted by molar-refractivity contribution is 0.173. The van der Waals surface area contributed by atoms with Crippen molar-refractivity contribution >= 4 is 23.9 Å². The summed E-state index contributed by atoms with van der Waals surface area (Å²) in [4.78, 5) is 29.5. The molecule has 1 saturated heterocycles. The fourth-order valence-corrected chi connectivity index (χ4v) is 3.96. The first-order valence-corrected chi connectivity index (χ1v) is 11.1. The molecule has 178 valence electrons. The minimum atomic E-state index is -0.544. The second-order valence-corrected chi connectivity index (χ2v) is 8.02. The number of rotatable bonds is 7. The van der Waals surface area contributed by atoms with Gasteiger partial charge in [-0.3, -0.25) is 4.57 Å². The number of hydrogen-bond acceptors (Lipinski definition) is 9. The highest BCUT2D eigenvalue weighted by molar-refractivity contribution is 5.68. The summed E-state index contributed by atoms with van der Waals surface area (Å²) in [5.74, 6) is 1.46. The number of anilines is 2. The molecule has 0 bridgehead atoms. The number of methoxy groups -OCH3 is 1. The van der Waals surface area contributed by atoms with Crippen molar-refractivity contribution in [1.82, 2.24) is 34.5 Å². The molecule has 0 saturated carbocycles. The zero-order chi connectivity index (χ0) is 24.0. The molecule has 10 nitrogen and oxygen atoms in total. The Bertz CT molecular complexity index is 1260. The number of hydrogen-bond donors (Lipinski definition) is 0. The summed E-state index contributed by atoms with van der Waals surface area (Å²) in [6.45, 7) is 2.40. The van der Waals surface area contributed by atoms with E-state index in [4.69, 9.17) is 4.74 Å². The molecule has 1 aliphatic rings. The number of imidazole rings is 1. The van der Waals surface area contributed by atoms with Gasteiger partial charge in [0.1, 0.15) is 24.3 Å². The molecule has 4 aromatic rings. The molecule has 1 atom stereocenters. The molecular weight excluding hydrogens is 449 g/mol.